The Kier molecular flexibility index (Phi) is 14.5. The van der Waals surface area contributed by atoms with Crippen LogP contribution < -0.4 is 11.1 Å². The molecule has 0 aromatic heterocycles. The third kappa shape index (κ3) is 13.5. The van der Waals surface area contributed by atoms with Crippen LogP contribution in [0.15, 0.2) is 78.9 Å². The minimum Gasteiger partial charge on any atom is -0.445 e. The number of rotatable bonds is 7. The van der Waals surface area contributed by atoms with Crippen LogP contribution in [-0.4, -0.2) is 65.5 Å². The summed E-state index contributed by atoms with van der Waals surface area (Å²) in [6, 6.07) is 26.3. The van der Waals surface area contributed by atoms with Gasteiger partial charge in [-0.1, -0.05) is 78.9 Å². The number of ether oxygens (including phenoxy) is 3. The molecule has 2 aliphatic heterocycles. The zero-order valence-electron chi connectivity index (χ0n) is 31.9. The van der Waals surface area contributed by atoms with Crippen LogP contribution in [0.3, 0.4) is 0 Å². The molecule has 0 unspecified atom stereocenters. The second-order valence-corrected chi connectivity index (χ2v) is 15.6. The van der Waals surface area contributed by atoms with Crippen molar-refractivity contribution in [1.29, 1.82) is 0 Å². The van der Waals surface area contributed by atoms with E-state index in [1.54, 1.807) is 4.90 Å². The molecule has 3 amide bonds. The van der Waals surface area contributed by atoms with Crippen LogP contribution in [0.5, 0.6) is 0 Å². The predicted octanol–water partition coefficient (Wildman–Crippen LogP) is 8.49. The van der Waals surface area contributed by atoms with Gasteiger partial charge in [0.25, 0.3) is 0 Å². The van der Waals surface area contributed by atoms with E-state index in [1.165, 1.54) is 16.7 Å². The lowest BCUT2D eigenvalue weighted by Gasteiger charge is -2.33. The molecule has 0 bridgehead atoms. The Morgan fingerprint density at radius 3 is 1.56 bits per heavy atom. The molecule has 2 aliphatic rings. The van der Waals surface area contributed by atoms with Crippen LogP contribution in [0.25, 0.3) is 0 Å². The van der Waals surface area contributed by atoms with Gasteiger partial charge in [0.05, 0.1) is 0 Å². The Morgan fingerprint density at radius 2 is 1.10 bits per heavy atom. The zero-order valence-corrected chi connectivity index (χ0v) is 31.9. The molecule has 3 N–H and O–H groups in total. The van der Waals surface area contributed by atoms with Crippen LogP contribution in [0, 0.1) is 0 Å². The molecule has 2 fully saturated rings. The number of nitrogens with zero attached hydrogens (tertiary/aromatic N) is 2. The molecule has 3 aromatic rings. The normalized spacial score (nSPS) is 15.6. The number of carbonyl (C=O) groups is 3. The molecule has 0 saturated carbocycles. The summed E-state index contributed by atoms with van der Waals surface area (Å²) in [5.74, 6) is 0.902. The average molecular weight is 715 g/mol. The summed E-state index contributed by atoms with van der Waals surface area (Å²) in [7, 11) is 0. The van der Waals surface area contributed by atoms with Crippen LogP contribution in [0.1, 0.15) is 107 Å². The first-order valence-electron chi connectivity index (χ1n) is 18.5. The van der Waals surface area contributed by atoms with E-state index in [-0.39, 0.29) is 18.8 Å². The highest BCUT2D eigenvalue weighted by Gasteiger charge is 2.29. The largest absolute Gasteiger partial charge is 0.445 e. The lowest BCUT2D eigenvalue weighted by atomic mass is 9.89. The Balaban J connectivity index is 0.000000251. The Labute approximate surface area is 310 Å². The monoisotopic (exact) mass is 714 g/mol. The van der Waals surface area contributed by atoms with Gasteiger partial charge in [0.15, 0.2) is 0 Å². The Bertz CT molecular complexity index is 1580. The number of alkyl carbamates (subject to hydrolysis) is 1. The molecule has 2 heterocycles. The molecule has 52 heavy (non-hydrogen) atoms. The van der Waals surface area contributed by atoms with E-state index in [4.69, 9.17) is 19.9 Å². The van der Waals surface area contributed by atoms with E-state index in [0.717, 1.165) is 49.9 Å². The van der Waals surface area contributed by atoms with Crippen LogP contribution in [0.2, 0.25) is 0 Å². The molecular formula is C42H58N4O6. The van der Waals surface area contributed by atoms with Gasteiger partial charge in [-0.25, -0.2) is 14.4 Å². The summed E-state index contributed by atoms with van der Waals surface area (Å²) in [6.07, 6.45) is 2.89. The van der Waals surface area contributed by atoms with E-state index in [1.807, 2.05) is 88.9 Å². The van der Waals surface area contributed by atoms with Gasteiger partial charge in [0.2, 0.25) is 0 Å². The molecule has 10 heteroatoms. The maximum atomic E-state index is 12.3. The standard InChI is InChI=1S/C25H32N2O4.C17H26N2O2/c1-25(2,3)31-24(29)27-14-12-21(13-15-27)22-11-7-10-20(16-22)17-26-23(28)30-18-19-8-5-4-6-9-19;1-17(2,3)21-16(20)19-9-7-14(8-10-19)15-6-4-5-13(11-15)12-18/h4-11,16,21H,12-15,17-18H2,1-3H3,(H,26,28);4-6,11,14H,7-10,12,18H2,1-3H3. The molecule has 0 aliphatic carbocycles. The zero-order chi connectivity index (χ0) is 37.7. The summed E-state index contributed by atoms with van der Waals surface area (Å²) < 4.78 is 16.2. The molecule has 0 spiro atoms. The fourth-order valence-electron chi connectivity index (χ4n) is 6.32. The molecular weight excluding hydrogens is 656 g/mol. The van der Waals surface area contributed by atoms with Crippen molar-refractivity contribution in [2.45, 2.75) is 110 Å². The third-order valence-electron chi connectivity index (χ3n) is 9.02. The van der Waals surface area contributed by atoms with Gasteiger partial charge in [-0.05, 0) is 107 Å². The van der Waals surface area contributed by atoms with Gasteiger partial charge in [-0.2, -0.15) is 0 Å². The molecule has 3 aromatic carbocycles. The van der Waals surface area contributed by atoms with Crippen molar-refractivity contribution in [3.05, 3.63) is 107 Å². The maximum absolute atomic E-state index is 12.3. The number of nitrogens with one attached hydrogen (secondary N) is 1. The fraction of sp³-hybridized carbons (Fsp3) is 0.500. The van der Waals surface area contributed by atoms with Gasteiger partial charge in [0.1, 0.15) is 17.8 Å². The van der Waals surface area contributed by atoms with Crippen molar-refractivity contribution in [1.82, 2.24) is 15.1 Å². The number of hydrogen-bond donors (Lipinski definition) is 2. The minimum absolute atomic E-state index is 0.198. The van der Waals surface area contributed by atoms with Crippen LogP contribution >= 0.6 is 0 Å². The van der Waals surface area contributed by atoms with Crippen molar-refractivity contribution in [2.75, 3.05) is 26.2 Å². The summed E-state index contributed by atoms with van der Waals surface area (Å²) in [4.78, 5) is 39.9. The van der Waals surface area contributed by atoms with E-state index in [9.17, 15) is 14.4 Å². The van der Waals surface area contributed by atoms with E-state index >= 15 is 0 Å². The van der Waals surface area contributed by atoms with Crippen molar-refractivity contribution < 1.29 is 28.6 Å². The van der Waals surface area contributed by atoms with E-state index < -0.39 is 17.3 Å². The lowest BCUT2D eigenvalue weighted by Crippen LogP contribution is -2.41. The van der Waals surface area contributed by atoms with E-state index in [0.29, 0.717) is 38.0 Å². The quantitative estimate of drug-likeness (QED) is 0.235. The second kappa shape index (κ2) is 18.8. The SMILES string of the molecule is CC(C)(C)OC(=O)N1CCC(c2cccc(CN)c2)CC1.CC(C)(C)OC(=O)N1CCC(c2cccc(CNC(=O)OCc3ccccc3)c2)CC1. The Morgan fingerprint density at radius 1 is 0.654 bits per heavy atom. The van der Waals surface area contributed by atoms with Crippen LogP contribution in [0.4, 0.5) is 14.4 Å². The first-order valence-corrected chi connectivity index (χ1v) is 18.5. The minimum atomic E-state index is -0.475. The molecule has 0 radical (unpaired) electrons. The van der Waals surface area contributed by atoms with Crippen molar-refractivity contribution >= 4 is 18.3 Å². The number of carbonyl (C=O) groups excluding carboxylic acids is 3. The Hall–Kier alpha value is -4.57. The first-order chi connectivity index (χ1) is 24.7. The number of benzene rings is 3. The van der Waals surface area contributed by atoms with Crippen molar-refractivity contribution in [3.63, 3.8) is 0 Å². The average Bonchev–Trinajstić information content (AvgIpc) is 3.12. The molecule has 10 nitrogen and oxygen atoms in total. The predicted molar refractivity (Wildman–Crippen MR) is 204 cm³/mol. The summed E-state index contributed by atoms with van der Waals surface area (Å²) in [5, 5.41) is 2.81. The number of hydrogen-bond acceptors (Lipinski definition) is 7. The first kappa shape index (κ1) is 40.2. The third-order valence-corrected chi connectivity index (χ3v) is 9.02. The molecule has 2 saturated heterocycles. The molecule has 5 rings (SSSR count). The number of piperidine rings is 2. The summed E-state index contributed by atoms with van der Waals surface area (Å²) in [5.41, 5.74) is 10.5. The maximum Gasteiger partial charge on any atom is 0.410 e. The fourth-order valence-corrected chi connectivity index (χ4v) is 6.32. The van der Waals surface area contributed by atoms with Gasteiger partial charge in [-0.15, -0.1) is 0 Å². The number of nitrogens with two attached hydrogens (primary N) is 1. The summed E-state index contributed by atoms with van der Waals surface area (Å²) in [6.45, 7) is 15.5. The highest BCUT2D eigenvalue weighted by molar-refractivity contribution is 5.69. The molecule has 0 atom stereocenters. The van der Waals surface area contributed by atoms with Crippen molar-refractivity contribution in [3.8, 4) is 0 Å². The van der Waals surface area contributed by atoms with Crippen molar-refractivity contribution in [2.24, 2.45) is 5.73 Å². The highest BCUT2D eigenvalue weighted by atomic mass is 16.6. The van der Waals surface area contributed by atoms with Crippen LogP contribution in [-0.2, 0) is 33.9 Å². The smallest absolute Gasteiger partial charge is 0.410 e. The molecule has 282 valence electrons. The van der Waals surface area contributed by atoms with Gasteiger partial charge >= 0.3 is 18.3 Å². The van der Waals surface area contributed by atoms with E-state index in [2.05, 4.69) is 41.7 Å². The van der Waals surface area contributed by atoms with Gasteiger partial charge in [-0.3, -0.25) is 0 Å². The lowest BCUT2D eigenvalue weighted by molar-refractivity contribution is 0.0194. The topological polar surface area (TPSA) is 123 Å². The second-order valence-electron chi connectivity index (χ2n) is 15.6. The summed E-state index contributed by atoms with van der Waals surface area (Å²) >= 11 is 0. The number of amides is 3. The number of likely N-dealkylation sites (tertiary alicyclic amines) is 2. The van der Waals surface area contributed by atoms with Gasteiger partial charge in [0, 0.05) is 39.3 Å². The highest BCUT2D eigenvalue weighted by Crippen LogP contribution is 2.30. The van der Waals surface area contributed by atoms with Gasteiger partial charge < -0.3 is 35.1 Å².